The molecule has 3 N–H and O–H groups in total. The van der Waals surface area contributed by atoms with Crippen molar-refractivity contribution >= 4 is 50.4 Å². The van der Waals surface area contributed by atoms with E-state index in [1.807, 2.05) is 54.6 Å². The lowest BCUT2D eigenvalue weighted by atomic mass is 10.00. The molecule has 1 aromatic heterocycles. The highest BCUT2D eigenvalue weighted by molar-refractivity contribution is 8.24. The zero-order valence-corrected chi connectivity index (χ0v) is 22.0. The monoisotopic (exact) mass is 550 g/mol. The van der Waals surface area contributed by atoms with Crippen LogP contribution >= 0.6 is 22.1 Å². The SMILES string of the molecule is O=C(CCc1cccc2c1N(Cc1ccc3ccccc3c1)C(=O)C21OCCO1)NS(O)(O)c1cccs1. The van der Waals surface area contributed by atoms with E-state index in [1.165, 1.54) is 11.3 Å². The van der Waals surface area contributed by atoms with Gasteiger partial charge in [0.05, 0.1) is 25.4 Å². The van der Waals surface area contributed by atoms with Crippen LogP contribution in [0.5, 0.6) is 0 Å². The first-order chi connectivity index (χ1) is 18.4. The van der Waals surface area contributed by atoms with Gasteiger partial charge in [0, 0.05) is 12.0 Å². The normalized spacial score (nSPS) is 16.8. The number of hydrogen-bond acceptors (Lipinski definition) is 7. The summed E-state index contributed by atoms with van der Waals surface area (Å²) in [5, 5.41) is 3.91. The third-order valence-corrected chi connectivity index (χ3v) is 9.63. The number of anilines is 1. The Morgan fingerprint density at radius 2 is 1.79 bits per heavy atom. The molecule has 6 rings (SSSR count). The van der Waals surface area contributed by atoms with Crippen LogP contribution in [0.4, 0.5) is 5.69 Å². The molecule has 1 spiro atoms. The second-order valence-electron chi connectivity index (χ2n) is 9.21. The second-order valence-corrected chi connectivity index (χ2v) is 12.2. The third kappa shape index (κ3) is 4.39. The summed E-state index contributed by atoms with van der Waals surface area (Å²) in [5.74, 6) is -2.27. The highest BCUT2D eigenvalue weighted by Crippen LogP contribution is 2.49. The highest BCUT2D eigenvalue weighted by Gasteiger charge is 2.56. The molecule has 8 nitrogen and oxygen atoms in total. The molecule has 1 saturated heterocycles. The minimum Gasteiger partial charge on any atom is -0.336 e. The Labute approximate surface area is 225 Å². The Morgan fingerprint density at radius 1 is 1.00 bits per heavy atom. The summed E-state index contributed by atoms with van der Waals surface area (Å²) in [6, 6.07) is 22.9. The van der Waals surface area contributed by atoms with Gasteiger partial charge in [-0.2, -0.15) is 0 Å². The van der Waals surface area contributed by atoms with Gasteiger partial charge in [0.2, 0.25) is 5.91 Å². The maximum atomic E-state index is 13.8. The van der Waals surface area contributed by atoms with Gasteiger partial charge in [0.25, 0.3) is 11.7 Å². The number of nitrogens with one attached hydrogen (secondary N) is 1. The number of benzene rings is 3. The molecular formula is C28H26N2O6S2. The van der Waals surface area contributed by atoms with Crippen LogP contribution in [-0.4, -0.2) is 34.1 Å². The zero-order chi connectivity index (χ0) is 26.3. The van der Waals surface area contributed by atoms with Gasteiger partial charge < -0.3 is 14.4 Å². The average molecular weight is 551 g/mol. The van der Waals surface area contributed by atoms with Crippen LogP contribution in [0, 0.1) is 0 Å². The van der Waals surface area contributed by atoms with Crippen LogP contribution in [-0.2, 0) is 37.8 Å². The molecule has 10 heteroatoms. The lowest BCUT2D eigenvalue weighted by molar-refractivity contribution is -0.180. The molecule has 3 heterocycles. The van der Waals surface area contributed by atoms with Crippen molar-refractivity contribution in [1.29, 1.82) is 0 Å². The standard InChI is InChI=1S/C28H26N2O6S2/c31-24(29-38(33,34)25-9-4-16-37-25)13-12-21-7-3-8-23-26(21)30(27(32)28(23)35-14-15-36-28)18-19-10-11-20-5-1-2-6-22(20)17-19/h1-11,16-17,33-34H,12-15,18H2,(H,29,31). The number of nitrogens with zero attached hydrogens (tertiary/aromatic N) is 1. The van der Waals surface area contributed by atoms with Crippen LogP contribution in [0.1, 0.15) is 23.1 Å². The van der Waals surface area contributed by atoms with Crippen molar-refractivity contribution in [3.05, 3.63) is 94.9 Å². The summed E-state index contributed by atoms with van der Waals surface area (Å²) in [7, 11) is -3.41. The smallest absolute Gasteiger partial charge is 0.292 e. The molecule has 0 aliphatic carbocycles. The Balaban J connectivity index is 1.29. The quantitative estimate of drug-likeness (QED) is 0.284. The van der Waals surface area contributed by atoms with E-state index in [4.69, 9.17) is 9.47 Å². The van der Waals surface area contributed by atoms with E-state index in [9.17, 15) is 18.7 Å². The lowest BCUT2D eigenvalue weighted by Gasteiger charge is -2.31. The van der Waals surface area contributed by atoms with Crippen LogP contribution in [0.3, 0.4) is 0 Å². The number of thiophene rings is 1. The Kier molecular flexibility index (Phi) is 6.47. The van der Waals surface area contributed by atoms with Gasteiger partial charge in [-0.05, 0) is 51.9 Å². The highest BCUT2D eigenvalue weighted by atomic mass is 32.3. The third-order valence-electron chi connectivity index (χ3n) is 6.77. The fourth-order valence-electron chi connectivity index (χ4n) is 5.07. The molecule has 0 unspecified atom stereocenters. The minimum absolute atomic E-state index is 0.00438. The molecule has 0 radical (unpaired) electrons. The van der Waals surface area contributed by atoms with E-state index in [0.29, 0.717) is 35.2 Å². The van der Waals surface area contributed by atoms with Crippen molar-refractivity contribution in [1.82, 2.24) is 4.72 Å². The first-order valence-corrected chi connectivity index (χ1v) is 14.6. The van der Waals surface area contributed by atoms with E-state index in [-0.39, 0.29) is 18.7 Å². The summed E-state index contributed by atoms with van der Waals surface area (Å²) in [4.78, 5) is 28.2. The first kappa shape index (κ1) is 25.1. The number of amides is 2. The lowest BCUT2D eigenvalue weighted by Crippen LogP contribution is -2.41. The number of hydrogen-bond donors (Lipinski definition) is 3. The Morgan fingerprint density at radius 3 is 2.55 bits per heavy atom. The summed E-state index contributed by atoms with van der Waals surface area (Å²) in [6.45, 7) is 0.928. The number of aryl methyl sites for hydroxylation is 1. The molecule has 38 heavy (non-hydrogen) atoms. The molecular weight excluding hydrogens is 524 g/mol. The van der Waals surface area contributed by atoms with Gasteiger partial charge >= 0.3 is 0 Å². The number of ether oxygens (including phenoxy) is 2. The van der Waals surface area contributed by atoms with Crippen molar-refractivity contribution < 1.29 is 28.2 Å². The molecule has 0 atom stereocenters. The molecule has 3 aromatic carbocycles. The number of rotatable bonds is 7. The predicted octanol–water partition coefficient (Wildman–Crippen LogP) is 5.42. The number of fused-ring (bicyclic) bond motifs is 3. The fourth-order valence-corrected chi connectivity index (χ4v) is 7.13. The second kappa shape index (κ2) is 9.81. The summed E-state index contributed by atoms with van der Waals surface area (Å²) >= 11 is 1.17. The minimum atomic E-state index is -3.41. The van der Waals surface area contributed by atoms with Crippen molar-refractivity contribution in [3.8, 4) is 0 Å². The summed E-state index contributed by atoms with van der Waals surface area (Å²) in [6.07, 6.45) is 0.289. The predicted molar refractivity (Wildman–Crippen MR) is 147 cm³/mol. The number of para-hydroxylation sites is 1. The van der Waals surface area contributed by atoms with Crippen LogP contribution in [0.2, 0.25) is 0 Å². The van der Waals surface area contributed by atoms with Crippen molar-refractivity contribution in [2.45, 2.75) is 29.4 Å². The average Bonchev–Trinajstić information content (AvgIpc) is 3.67. The van der Waals surface area contributed by atoms with Gasteiger partial charge in [-0.1, -0.05) is 65.4 Å². The van der Waals surface area contributed by atoms with Crippen molar-refractivity contribution in [3.63, 3.8) is 0 Å². The van der Waals surface area contributed by atoms with Gasteiger partial charge in [0.15, 0.2) is 0 Å². The van der Waals surface area contributed by atoms with Gasteiger partial charge in [-0.15, -0.1) is 11.3 Å². The fraction of sp³-hybridized carbons (Fsp3) is 0.214. The van der Waals surface area contributed by atoms with Gasteiger partial charge in [0.1, 0.15) is 4.21 Å². The van der Waals surface area contributed by atoms with E-state index in [1.54, 1.807) is 22.4 Å². The topological polar surface area (TPSA) is 108 Å². The molecule has 4 aromatic rings. The molecule has 0 bridgehead atoms. The van der Waals surface area contributed by atoms with Crippen molar-refractivity contribution in [2.75, 3.05) is 18.1 Å². The van der Waals surface area contributed by atoms with E-state index in [2.05, 4.69) is 10.8 Å². The molecule has 196 valence electrons. The molecule has 2 amide bonds. The first-order valence-electron chi connectivity index (χ1n) is 12.2. The van der Waals surface area contributed by atoms with Crippen LogP contribution in [0.15, 0.2) is 82.4 Å². The summed E-state index contributed by atoms with van der Waals surface area (Å²) < 4.78 is 35.3. The van der Waals surface area contributed by atoms with E-state index >= 15 is 0 Å². The molecule has 2 aliphatic rings. The number of carbonyl (C=O) groups excluding carboxylic acids is 2. The maximum absolute atomic E-state index is 13.8. The van der Waals surface area contributed by atoms with Gasteiger partial charge in [-0.3, -0.25) is 18.7 Å². The Bertz CT molecular complexity index is 1520. The maximum Gasteiger partial charge on any atom is 0.292 e. The number of carbonyl (C=O) groups is 2. The largest absolute Gasteiger partial charge is 0.336 e. The molecule has 2 aliphatic heterocycles. The molecule has 0 saturated carbocycles. The molecule has 1 fully saturated rings. The van der Waals surface area contributed by atoms with Gasteiger partial charge in [-0.25, -0.2) is 4.72 Å². The Hall–Kier alpha value is -3.25. The van der Waals surface area contributed by atoms with Crippen LogP contribution < -0.4 is 9.62 Å². The van der Waals surface area contributed by atoms with E-state index in [0.717, 1.165) is 21.9 Å². The van der Waals surface area contributed by atoms with Crippen molar-refractivity contribution in [2.24, 2.45) is 0 Å². The summed E-state index contributed by atoms with van der Waals surface area (Å²) in [5.41, 5.74) is 3.03. The van der Waals surface area contributed by atoms with E-state index < -0.39 is 22.5 Å². The van der Waals surface area contributed by atoms with Crippen LogP contribution in [0.25, 0.3) is 10.8 Å². The zero-order valence-electron chi connectivity index (χ0n) is 20.3.